The van der Waals surface area contributed by atoms with E-state index in [-0.39, 0.29) is 18.2 Å². The van der Waals surface area contributed by atoms with Gasteiger partial charge in [-0.05, 0) is 43.4 Å². The maximum absolute atomic E-state index is 12.4. The molecule has 200 valence electrons. The Morgan fingerprint density at radius 2 is 1.89 bits per heavy atom. The highest BCUT2D eigenvalue weighted by Crippen LogP contribution is 2.36. The zero-order valence-corrected chi connectivity index (χ0v) is 20.2. The van der Waals surface area contributed by atoms with Gasteiger partial charge in [-0.1, -0.05) is 12.1 Å². The predicted molar refractivity (Wildman–Crippen MR) is 126 cm³/mol. The lowest BCUT2D eigenvalue weighted by Crippen LogP contribution is -2.31. The van der Waals surface area contributed by atoms with Gasteiger partial charge in [-0.2, -0.15) is 13.8 Å². The standard InChI is InChI=1S/C24H29F2N5O6/c1-13-18(32)19(33)22(36-13)31-20-17(30-24(31)27-10-14-6-8-34-9-7-14)21(29-12-28-20)35-11-15-2-4-16(5-3-15)37-23(25)26/h2-5,12-14,18-19,22-23,32-33H,6-11H2,1H3,(H,27,30)/t13-,18-,19-,22-/m1/s1. The number of ether oxygens (including phenoxy) is 4. The summed E-state index contributed by atoms with van der Waals surface area (Å²) in [4.78, 5) is 13.3. The fourth-order valence-electron chi connectivity index (χ4n) is 4.51. The van der Waals surface area contributed by atoms with E-state index >= 15 is 0 Å². The smallest absolute Gasteiger partial charge is 0.387 e. The number of fused-ring (bicyclic) bond motifs is 1. The predicted octanol–water partition coefficient (Wildman–Crippen LogP) is 2.48. The van der Waals surface area contributed by atoms with Crippen LogP contribution in [0.5, 0.6) is 11.6 Å². The molecule has 2 aromatic heterocycles. The molecular formula is C24H29F2N5O6. The molecule has 2 saturated heterocycles. The number of hydrogen-bond donors (Lipinski definition) is 3. The summed E-state index contributed by atoms with van der Waals surface area (Å²) < 4.78 is 48.0. The van der Waals surface area contributed by atoms with Crippen molar-refractivity contribution in [2.75, 3.05) is 25.1 Å². The molecule has 2 aliphatic rings. The monoisotopic (exact) mass is 521 g/mol. The summed E-state index contributed by atoms with van der Waals surface area (Å²) >= 11 is 0. The largest absolute Gasteiger partial charge is 0.471 e. The van der Waals surface area contributed by atoms with Crippen LogP contribution in [0.1, 0.15) is 31.6 Å². The molecule has 0 aliphatic carbocycles. The minimum absolute atomic E-state index is 0.0497. The SMILES string of the molecule is C[C@H]1O[C@@H](n2c(NCC3CCOCC3)nc3c(OCc4ccc(OC(F)F)cc4)ncnc32)[C@H](O)[C@@H]1O. The van der Waals surface area contributed by atoms with Gasteiger partial charge in [0.05, 0.1) is 6.10 Å². The van der Waals surface area contributed by atoms with Crippen molar-refractivity contribution in [2.24, 2.45) is 5.92 Å². The first-order chi connectivity index (χ1) is 17.9. The second-order valence-electron chi connectivity index (χ2n) is 9.12. The molecule has 13 heteroatoms. The number of benzene rings is 1. The molecule has 3 N–H and O–H groups in total. The van der Waals surface area contributed by atoms with Gasteiger partial charge in [0, 0.05) is 19.8 Å². The normalized spacial score (nSPS) is 24.6. The summed E-state index contributed by atoms with van der Waals surface area (Å²) in [7, 11) is 0. The average Bonchev–Trinajstić information content (AvgIpc) is 3.39. The number of anilines is 1. The first-order valence-corrected chi connectivity index (χ1v) is 12.1. The molecule has 0 saturated carbocycles. The molecule has 4 heterocycles. The van der Waals surface area contributed by atoms with Crippen LogP contribution in [-0.4, -0.2) is 74.4 Å². The van der Waals surface area contributed by atoms with Gasteiger partial charge in [0.15, 0.2) is 17.4 Å². The molecule has 3 aromatic rings. The first kappa shape index (κ1) is 25.5. The molecule has 1 aromatic carbocycles. The number of halogens is 2. The van der Waals surface area contributed by atoms with E-state index in [9.17, 15) is 19.0 Å². The number of aliphatic hydroxyl groups excluding tert-OH is 2. The minimum atomic E-state index is -2.90. The second kappa shape index (κ2) is 11.1. The van der Waals surface area contributed by atoms with Gasteiger partial charge < -0.3 is 34.5 Å². The summed E-state index contributed by atoms with van der Waals surface area (Å²) in [6.07, 6.45) is -0.613. The van der Waals surface area contributed by atoms with Crippen LogP contribution in [0.25, 0.3) is 11.2 Å². The molecule has 4 atom stereocenters. The van der Waals surface area contributed by atoms with Crippen LogP contribution in [0.4, 0.5) is 14.7 Å². The molecule has 0 spiro atoms. The summed E-state index contributed by atoms with van der Waals surface area (Å²) in [5.41, 5.74) is 1.42. The summed E-state index contributed by atoms with van der Waals surface area (Å²) in [6.45, 7) is 0.919. The number of aromatic nitrogens is 4. The average molecular weight is 522 g/mol. The van der Waals surface area contributed by atoms with E-state index in [2.05, 4.69) is 25.0 Å². The van der Waals surface area contributed by atoms with Crippen LogP contribution in [-0.2, 0) is 16.1 Å². The van der Waals surface area contributed by atoms with Crippen LogP contribution in [0, 0.1) is 5.92 Å². The Balaban J connectivity index is 1.41. The van der Waals surface area contributed by atoms with Crippen molar-refractivity contribution in [1.82, 2.24) is 19.5 Å². The highest BCUT2D eigenvalue weighted by Gasteiger charge is 2.43. The lowest BCUT2D eigenvalue weighted by molar-refractivity contribution is -0.0498. The third kappa shape index (κ3) is 5.59. The Bertz CT molecular complexity index is 1190. The molecule has 37 heavy (non-hydrogen) atoms. The summed E-state index contributed by atoms with van der Waals surface area (Å²) in [5.74, 6) is 1.05. The number of imidazole rings is 1. The molecule has 2 aliphatic heterocycles. The van der Waals surface area contributed by atoms with Gasteiger partial charge in [0.25, 0.3) is 0 Å². The van der Waals surface area contributed by atoms with Crippen LogP contribution >= 0.6 is 0 Å². The molecule has 0 unspecified atom stereocenters. The van der Waals surface area contributed by atoms with E-state index in [1.165, 1.54) is 18.5 Å². The van der Waals surface area contributed by atoms with E-state index in [1.54, 1.807) is 23.6 Å². The van der Waals surface area contributed by atoms with Gasteiger partial charge >= 0.3 is 6.61 Å². The number of nitrogens with one attached hydrogen (secondary N) is 1. The maximum atomic E-state index is 12.4. The van der Waals surface area contributed by atoms with Crippen molar-refractivity contribution in [2.45, 2.75) is 57.5 Å². The Labute approximate surface area is 211 Å². The zero-order chi connectivity index (χ0) is 25.9. The Hall–Kier alpha value is -3.13. The van der Waals surface area contributed by atoms with Crippen molar-refractivity contribution in [3.8, 4) is 11.6 Å². The van der Waals surface area contributed by atoms with E-state index in [0.717, 1.165) is 12.8 Å². The summed E-state index contributed by atoms with van der Waals surface area (Å²) in [5, 5.41) is 24.4. The third-order valence-electron chi connectivity index (χ3n) is 6.59. The van der Waals surface area contributed by atoms with Gasteiger partial charge in [0.1, 0.15) is 30.9 Å². The van der Waals surface area contributed by atoms with Crippen molar-refractivity contribution in [1.29, 1.82) is 0 Å². The molecule has 0 amide bonds. The summed E-state index contributed by atoms with van der Waals surface area (Å²) in [6, 6.07) is 6.08. The molecule has 5 rings (SSSR count). The molecular weight excluding hydrogens is 492 g/mol. The van der Waals surface area contributed by atoms with Crippen LogP contribution in [0.2, 0.25) is 0 Å². The second-order valence-corrected chi connectivity index (χ2v) is 9.12. The van der Waals surface area contributed by atoms with Crippen molar-refractivity contribution >= 4 is 17.1 Å². The van der Waals surface area contributed by atoms with E-state index < -0.39 is 31.2 Å². The number of hydrogen-bond acceptors (Lipinski definition) is 10. The fourth-order valence-corrected chi connectivity index (χ4v) is 4.51. The fraction of sp³-hybridized carbons (Fsp3) is 0.542. The van der Waals surface area contributed by atoms with Crippen LogP contribution < -0.4 is 14.8 Å². The van der Waals surface area contributed by atoms with E-state index in [4.69, 9.17) is 14.2 Å². The van der Waals surface area contributed by atoms with E-state index in [1.807, 2.05) is 0 Å². The van der Waals surface area contributed by atoms with Crippen LogP contribution in [0.15, 0.2) is 30.6 Å². The van der Waals surface area contributed by atoms with Gasteiger partial charge in [-0.3, -0.25) is 4.57 Å². The molecule has 0 radical (unpaired) electrons. The number of aliphatic hydroxyl groups is 2. The Kier molecular flexibility index (Phi) is 7.65. The Morgan fingerprint density at radius 3 is 2.57 bits per heavy atom. The molecule has 0 bridgehead atoms. The quantitative estimate of drug-likeness (QED) is 0.386. The van der Waals surface area contributed by atoms with E-state index in [0.29, 0.717) is 48.4 Å². The van der Waals surface area contributed by atoms with Gasteiger partial charge in [-0.15, -0.1) is 0 Å². The topological polar surface area (TPSA) is 133 Å². The Morgan fingerprint density at radius 1 is 1.14 bits per heavy atom. The maximum Gasteiger partial charge on any atom is 0.387 e. The van der Waals surface area contributed by atoms with Gasteiger partial charge in [0.2, 0.25) is 11.8 Å². The van der Waals surface area contributed by atoms with Gasteiger partial charge in [-0.25, -0.2) is 9.97 Å². The third-order valence-corrected chi connectivity index (χ3v) is 6.59. The molecule has 11 nitrogen and oxygen atoms in total. The number of rotatable bonds is 9. The molecule has 2 fully saturated rings. The van der Waals surface area contributed by atoms with Crippen LogP contribution in [0.3, 0.4) is 0 Å². The highest BCUT2D eigenvalue weighted by molar-refractivity contribution is 5.79. The number of alkyl halides is 2. The highest BCUT2D eigenvalue weighted by atomic mass is 19.3. The zero-order valence-electron chi connectivity index (χ0n) is 20.2. The first-order valence-electron chi connectivity index (χ1n) is 12.1. The lowest BCUT2D eigenvalue weighted by atomic mass is 10.0. The van der Waals surface area contributed by atoms with Crippen molar-refractivity contribution in [3.05, 3.63) is 36.2 Å². The lowest BCUT2D eigenvalue weighted by Gasteiger charge is -2.24. The van der Waals surface area contributed by atoms with Crippen molar-refractivity contribution < 1.29 is 37.9 Å². The number of nitrogens with zero attached hydrogens (tertiary/aromatic N) is 4. The van der Waals surface area contributed by atoms with Crippen molar-refractivity contribution in [3.63, 3.8) is 0 Å². The minimum Gasteiger partial charge on any atom is -0.471 e.